The number of aliphatic hydroxyl groups is 2. The maximum Gasteiger partial charge on any atom is 0.0844 e. The molecule has 0 spiro atoms. The van der Waals surface area contributed by atoms with Crippen molar-refractivity contribution in [3.05, 3.63) is 0 Å². The molecule has 2 saturated carbocycles. The SMILES string of the molecule is COC1CCC2CC3C4CC(O)[C@@H](OC)CC4CCN3CC2C1O. The zero-order valence-electron chi connectivity index (χ0n) is 15.0. The van der Waals surface area contributed by atoms with Gasteiger partial charge in [-0.15, -0.1) is 0 Å². The molecule has 0 bridgehead atoms. The van der Waals surface area contributed by atoms with E-state index in [1.54, 1.807) is 14.2 Å². The fourth-order valence-corrected chi connectivity index (χ4v) is 6.33. The zero-order valence-corrected chi connectivity index (χ0v) is 15.0. The van der Waals surface area contributed by atoms with Gasteiger partial charge in [-0.1, -0.05) is 0 Å². The van der Waals surface area contributed by atoms with E-state index in [-0.39, 0.29) is 24.4 Å². The largest absolute Gasteiger partial charge is 0.390 e. The summed E-state index contributed by atoms with van der Waals surface area (Å²) in [4.78, 5) is 2.61. The molecule has 2 N–H and O–H groups in total. The van der Waals surface area contributed by atoms with Crippen LogP contribution in [0.2, 0.25) is 0 Å². The lowest BCUT2D eigenvalue weighted by molar-refractivity contribution is -0.147. The Morgan fingerprint density at radius 3 is 2.33 bits per heavy atom. The van der Waals surface area contributed by atoms with Crippen LogP contribution in [0.3, 0.4) is 0 Å². The molecule has 0 aromatic heterocycles. The quantitative estimate of drug-likeness (QED) is 0.793. The minimum Gasteiger partial charge on any atom is -0.390 e. The highest BCUT2D eigenvalue weighted by Crippen LogP contribution is 2.48. The number of rotatable bonds is 2. The first-order valence-corrected chi connectivity index (χ1v) is 9.78. The molecule has 0 aromatic carbocycles. The van der Waals surface area contributed by atoms with Gasteiger partial charge < -0.3 is 19.7 Å². The summed E-state index contributed by atoms with van der Waals surface area (Å²) < 4.78 is 11.0. The van der Waals surface area contributed by atoms with Crippen LogP contribution in [0, 0.1) is 23.7 Å². The van der Waals surface area contributed by atoms with Gasteiger partial charge in [-0.25, -0.2) is 0 Å². The molecule has 8 unspecified atom stereocenters. The molecule has 2 aliphatic heterocycles. The highest BCUT2D eigenvalue weighted by atomic mass is 16.5. The lowest BCUT2D eigenvalue weighted by atomic mass is 9.62. The van der Waals surface area contributed by atoms with Crippen molar-refractivity contribution in [2.75, 3.05) is 27.3 Å². The molecule has 4 aliphatic rings. The van der Waals surface area contributed by atoms with Crippen LogP contribution in [0.15, 0.2) is 0 Å². The summed E-state index contributed by atoms with van der Waals surface area (Å²) in [6, 6.07) is 0.587. The maximum absolute atomic E-state index is 10.7. The van der Waals surface area contributed by atoms with Crippen molar-refractivity contribution in [3.63, 3.8) is 0 Å². The van der Waals surface area contributed by atoms with Crippen LogP contribution in [0.1, 0.15) is 38.5 Å². The molecule has 138 valence electrons. The molecule has 5 heteroatoms. The molecule has 9 atom stereocenters. The van der Waals surface area contributed by atoms with Gasteiger partial charge >= 0.3 is 0 Å². The van der Waals surface area contributed by atoms with Crippen LogP contribution in [0.4, 0.5) is 0 Å². The number of piperidine rings is 2. The van der Waals surface area contributed by atoms with E-state index in [1.165, 1.54) is 19.3 Å². The van der Waals surface area contributed by atoms with Gasteiger partial charge in [-0.2, -0.15) is 0 Å². The van der Waals surface area contributed by atoms with Gasteiger partial charge in [0.2, 0.25) is 0 Å². The third-order valence-electron chi connectivity index (χ3n) is 7.68. The van der Waals surface area contributed by atoms with E-state index in [2.05, 4.69) is 4.90 Å². The Kier molecular flexibility index (Phi) is 4.91. The van der Waals surface area contributed by atoms with Crippen molar-refractivity contribution in [2.24, 2.45) is 23.7 Å². The molecule has 0 aromatic rings. The third-order valence-corrected chi connectivity index (χ3v) is 7.68. The first-order chi connectivity index (χ1) is 11.6. The Balaban J connectivity index is 1.48. The highest BCUT2D eigenvalue weighted by molar-refractivity contribution is 5.03. The van der Waals surface area contributed by atoms with Gasteiger partial charge in [0.05, 0.1) is 24.4 Å². The summed E-state index contributed by atoms with van der Waals surface area (Å²) in [5, 5.41) is 21.1. The molecule has 2 aliphatic carbocycles. The fraction of sp³-hybridized carbons (Fsp3) is 1.00. The Labute approximate surface area is 145 Å². The normalized spacial score (nSPS) is 52.2. The number of hydrogen-bond acceptors (Lipinski definition) is 5. The summed E-state index contributed by atoms with van der Waals surface area (Å²) in [5.41, 5.74) is 0. The number of aliphatic hydroxyl groups excluding tert-OH is 2. The Morgan fingerprint density at radius 1 is 0.833 bits per heavy atom. The Hall–Kier alpha value is -0.200. The van der Waals surface area contributed by atoms with E-state index in [0.717, 1.165) is 32.4 Å². The van der Waals surface area contributed by atoms with E-state index >= 15 is 0 Å². The number of ether oxygens (including phenoxy) is 2. The molecular weight excluding hydrogens is 306 g/mol. The molecule has 0 radical (unpaired) electrons. The van der Waals surface area contributed by atoms with E-state index in [9.17, 15) is 10.2 Å². The summed E-state index contributed by atoms with van der Waals surface area (Å²) in [7, 11) is 3.45. The number of fused-ring (bicyclic) bond motifs is 4. The lowest BCUT2D eigenvalue weighted by Gasteiger charge is -2.57. The summed E-state index contributed by atoms with van der Waals surface area (Å²) >= 11 is 0. The minimum atomic E-state index is -0.317. The Morgan fingerprint density at radius 2 is 1.58 bits per heavy atom. The van der Waals surface area contributed by atoms with Crippen molar-refractivity contribution in [2.45, 2.75) is 69.0 Å². The number of nitrogens with zero attached hydrogens (tertiary/aromatic N) is 1. The average molecular weight is 339 g/mol. The van der Waals surface area contributed by atoms with Crippen molar-refractivity contribution in [1.29, 1.82) is 0 Å². The second kappa shape index (κ2) is 6.84. The topological polar surface area (TPSA) is 62.2 Å². The molecule has 4 fully saturated rings. The van der Waals surface area contributed by atoms with Gasteiger partial charge in [-0.05, 0) is 62.8 Å². The van der Waals surface area contributed by atoms with Crippen molar-refractivity contribution < 1.29 is 19.7 Å². The average Bonchev–Trinajstić information content (AvgIpc) is 2.60. The van der Waals surface area contributed by atoms with Crippen LogP contribution in [0.25, 0.3) is 0 Å². The van der Waals surface area contributed by atoms with Crippen LogP contribution < -0.4 is 0 Å². The second-order valence-electron chi connectivity index (χ2n) is 8.59. The summed E-state index contributed by atoms with van der Waals surface area (Å²) in [6.07, 6.45) is 5.83. The molecule has 4 rings (SSSR count). The smallest absolute Gasteiger partial charge is 0.0844 e. The standard InChI is InChI=1S/C19H33NO4/c1-23-17-4-3-11-7-15-13-9-16(21)18(24-2)8-12(13)5-6-20(15)10-14(11)19(17)22/h11-19,21-22H,3-10H2,1-2H3/t11?,12?,13?,14?,15?,16?,17?,18-,19?/m0/s1. The van der Waals surface area contributed by atoms with E-state index in [4.69, 9.17) is 9.47 Å². The van der Waals surface area contributed by atoms with Gasteiger partial charge in [0.1, 0.15) is 0 Å². The molecule has 5 nitrogen and oxygen atoms in total. The first kappa shape index (κ1) is 17.2. The van der Waals surface area contributed by atoms with E-state index in [1.807, 2.05) is 0 Å². The first-order valence-electron chi connectivity index (χ1n) is 9.78. The van der Waals surface area contributed by atoms with Gasteiger partial charge in [-0.3, -0.25) is 4.90 Å². The van der Waals surface area contributed by atoms with E-state index in [0.29, 0.717) is 29.7 Å². The Bertz CT molecular complexity index is 445. The predicted octanol–water partition coefficient (Wildman–Crippen LogP) is 1.27. The van der Waals surface area contributed by atoms with Crippen molar-refractivity contribution >= 4 is 0 Å². The molecule has 2 saturated heterocycles. The van der Waals surface area contributed by atoms with E-state index < -0.39 is 0 Å². The zero-order chi connectivity index (χ0) is 16.8. The molecule has 2 heterocycles. The second-order valence-corrected chi connectivity index (χ2v) is 8.59. The molecule has 24 heavy (non-hydrogen) atoms. The highest BCUT2D eigenvalue weighted by Gasteiger charge is 2.51. The summed E-state index contributed by atoms with van der Waals surface area (Å²) in [5.74, 6) is 2.26. The third kappa shape index (κ3) is 2.82. The monoisotopic (exact) mass is 339 g/mol. The van der Waals surface area contributed by atoms with Crippen LogP contribution in [-0.2, 0) is 9.47 Å². The number of hydrogen-bond donors (Lipinski definition) is 2. The van der Waals surface area contributed by atoms with Crippen LogP contribution in [0.5, 0.6) is 0 Å². The van der Waals surface area contributed by atoms with Crippen LogP contribution in [-0.4, -0.2) is 72.9 Å². The minimum absolute atomic E-state index is 0.0132. The fourth-order valence-electron chi connectivity index (χ4n) is 6.33. The number of methoxy groups -OCH3 is 2. The summed E-state index contributed by atoms with van der Waals surface area (Å²) in [6.45, 7) is 2.13. The van der Waals surface area contributed by atoms with Gasteiger partial charge in [0.25, 0.3) is 0 Å². The van der Waals surface area contributed by atoms with Crippen molar-refractivity contribution in [1.82, 2.24) is 4.90 Å². The maximum atomic E-state index is 10.7. The van der Waals surface area contributed by atoms with Gasteiger partial charge in [0.15, 0.2) is 0 Å². The lowest BCUT2D eigenvalue weighted by Crippen LogP contribution is -2.62. The van der Waals surface area contributed by atoms with Crippen LogP contribution >= 0.6 is 0 Å². The molecular formula is C19H33NO4. The predicted molar refractivity (Wildman–Crippen MR) is 90.6 cm³/mol. The van der Waals surface area contributed by atoms with Gasteiger partial charge in [0, 0.05) is 32.7 Å². The molecule has 0 amide bonds. The van der Waals surface area contributed by atoms with Crippen molar-refractivity contribution in [3.8, 4) is 0 Å².